The molecule has 1 N–H and O–H groups in total. The van der Waals surface area contributed by atoms with Gasteiger partial charge in [0, 0.05) is 68.1 Å². The number of ether oxygens (including phenoxy) is 3. The van der Waals surface area contributed by atoms with E-state index in [0.717, 1.165) is 86.7 Å². The lowest BCUT2D eigenvalue weighted by atomic mass is 10.0. The van der Waals surface area contributed by atoms with E-state index in [4.69, 9.17) is 24.2 Å². The van der Waals surface area contributed by atoms with Crippen LogP contribution in [0, 0.1) is 11.3 Å². The Bertz CT molecular complexity index is 1520. The molecule has 0 spiro atoms. The van der Waals surface area contributed by atoms with Gasteiger partial charge >= 0.3 is 6.01 Å². The SMILES string of the molecule is COCOc1cc(N2CCc3c(nc(OC4([C@@H]5CCCN5C)CC4)nc3N3CCN[C@@H](CC#N)C3)C2)c2ccccc2c1. The second-order valence-electron chi connectivity index (χ2n) is 12.4. The second kappa shape index (κ2) is 11.8. The molecule has 3 aromatic rings. The van der Waals surface area contributed by atoms with Crippen LogP contribution in [-0.4, -0.2) is 86.2 Å². The number of benzene rings is 2. The van der Waals surface area contributed by atoms with Gasteiger partial charge in [-0.3, -0.25) is 4.90 Å². The van der Waals surface area contributed by atoms with Crippen LogP contribution in [0.1, 0.15) is 43.4 Å². The Balaban J connectivity index is 1.25. The summed E-state index contributed by atoms with van der Waals surface area (Å²) >= 11 is 0. The Morgan fingerprint density at radius 3 is 2.79 bits per heavy atom. The van der Waals surface area contributed by atoms with Crippen molar-refractivity contribution in [2.45, 2.75) is 62.8 Å². The van der Waals surface area contributed by atoms with E-state index in [1.807, 2.05) is 0 Å². The number of hydrogen-bond donors (Lipinski definition) is 1. The number of likely N-dealkylation sites (N-methyl/N-ethyl adjacent to an activating group) is 1. The number of fused-ring (bicyclic) bond motifs is 2. The van der Waals surface area contributed by atoms with Gasteiger partial charge in [0.25, 0.3) is 0 Å². The molecule has 0 unspecified atom stereocenters. The average molecular weight is 584 g/mol. The lowest BCUT2D eigenvalue weighted by molar-refractivity contribution is 0.0512. The number of nitrogens with zero attached hydrogens (tertiary/aromatic N) is 6. The summed E-state index contributed by atoms with van der Waals surface area (Å²) in [6.07, 6.45) is 5.76. The van der Waals surface area contributed by atoms with Crippen LogP contribution >= 0.6 is 0 Å². The fourth-order valence-corrected chi connectivity index (χ4v) is 7.28. The summed E-state index contributed by atoms with van der Waals surface area (Å²) in [7, 11) is 3.85. The standard InChI is InChI=1S/C33H41N7O3/c1-38-15-5-8-30(38)33(11-12-33)43-32-36-28-21-39(29-19-25(42-22-41-2)18-23-6-3-4-7-26(23)29)16-10-27(28)31(37-32)40-17-14-35-24(20-40)9-13-34/h3-4,6-7,18-19,24,30,35H,5,8-12,14-17,20-22H2,1-2H3/t24-,30-/m0/s1. The third-order valence-electron chi connectivity index (χ3n) is 9.58. The average Bonchev–Trinajstić information content (AvgIpc) is 3.67. The molecule has 2 aromatic carbocycles. The van der Waals surface area contributed by atoms with Crippen molar-refractivity contribution in [1.29, 1.82) is 5.26 Å². The molecule has 4 heterocycles. The number of anilines is 2. The highest BCUT2D eigenvalue weighted by Gasteiger charge is 2.55. The summed E-state index contributed by atoms with van der Waals surface area (Å²) in [4.78, 5) is 17.5. The van der Waals surface area contributed by atoms with Crippen LogP contribution in [0.3, 0.4) is 0 Å². The molecule has 3 fully saturated rings. The Morgan fingerprint density at radius 1 is 1.12 bits per heavy atom. The first-order valence-corrected chi connectivity index (χ1v) is 15.6. The molecule has 2 atom stereocenters. The van der Waals surface area contributed by atoms with Gasteiger partial charge in [-0.15, -0.1) is 0 Å². The Morgan fingerprint density at radius 2 is 2.00 bits per heavy atom. The molecule has 1 aliphatic carbocycles. The highest BCUT2D eigenvalue weighted by molar-refractivity contribution is 5.95. The zero-order valence-electron chi connectivity index (χ0n) is 25.2. The van der Waals surface area contributed by atoms with Gasteiger partial charge in [-0.05, 0) is 57.1 Å². The predicted molar refractivity (Wildman–Crippen MR) is 166 cm³/mol. The van der Waals surface area contributed by atoms with Gasteiger partial charge in [0.1, 0.15) is 17.2 Å². The van der Waals surface area contributed by atoms with Gasteiger partial charge in [-0.2, -0.15) is 15.2 Å². The lowest BCUT2D eigenvalue weighted by Crippen LogP contribution is -2.51. The summed E-state index contributed by atoms with van der Waals surface area (Å²) in [6.45, 7) is 5.23. The summed E-state index contributed by atoms with van der Waals surface area (Å²) in [5.41, 5.74) is 3.14. The van der Waals surface area contributed by atoms with Crippen molar-refractivity contribution < 1.29 is 14.2 Å². The van der Waals surface area contributed by atoms with Crippen molar-refractivity contribution in [3.05, 3.63) is 47.7 Å². The molecule has 43 heavy (non-hydrogen) atoms. The van der Waals surface area contributed by atoms with Crippen LogP contribution < -0.4 is 24.6 Å². The highest BCUT2D eigenvalue weighted by atomic mass is 16.7. The molecular weight excluding hydrogens is 542 g/mol. The molecule has 10 heteroatoms. The van der Waals surface area contributed by atoms with E-state index < -0.39 is 0 Å². The van der Waals surface area contributed by atoms with E-state index in [-0.39, 0.29) is 18.4 Å². The molecule has 0 amide bonds. The minimum atomic E-state index is -0.193. The van der Waals surface area contributed by atoms with Crippen molar-refractivity contribution in [2.75, 3.05) is 63.5 Å². The Labute approximate surface area is 253 Å². The third-order valence-corrected chi connectivity index (χ3v) is 9.58. The third kappa shape index (κ3) is 5.57. The molecule has 1 saturated carbocycles. The molecule has 10 nitrogen and oxygen atoms in total. The van der Waals surface area contributed by atoms with Crippen LogP contribution in [0.25, 0.3) is 10.8 Å². The zero-order chi connectivity index (χ0) is 29.4. The van der Waals surface area contributed by atoms with Gasteiger partial charge in [0.15, 0.2) is 6.79 Å². The number of likely N-dealkylation sites (tertiary alicyclic amines) is 1. The first-order valence-electron chi connectivity index (χ1n) is 15.6. The number of aromatic nitrogens is 2. The maximum absolute atomic E-state index is 9.37. The van der Waals surface area contributed by atoms with Crippen LogP contribution in [0.2, 0.25) is 0 Å². The van der Waals surface area contributed by atoms with E-state index in [0.29, 0.717) is 25.0 Å². The lowest BCUT2D eigenvalue weighted by Gasteiger charge is -2.38. The zero-order valence-corrected chi connectivity index (χ0v) is 25.2. The summed E-state index contributed by atoms with van der Waals surface area (Å²) < 4.78 is 17.9. The molecule has 7 rings (SSSR count). The Hall–Kier alpha value is -3.65. The van der Waals surface area contributed by atoms with Gasteiger partial charge in [0.05, 0.1) is 24.7 Å². The first kappa shape index (κ1) is 28.1. The van der Waals surface area contributed by atoms with Gasteiger partial charge in [0.2, 0.25) is 0 Å². The van der Waals surface area contributed by atoms with E-state index in [9.17, 15) is 5.26 Å². The number of hydrogen-bond acceptors (Lipinski definition) is 10. The number of nitriles is 1. The van der Waals surface area contributed by atoms with Crippen molar-refractivity contribution in [3.63, 3.8) is 0 Å². The highest BCUT2D eigenvalue weighted by Crippen LogP contribution is 2.48. The van der Waals surface area contributed by atoms with Crippen LogP contribution in [0.4, 0.5) is 11.5 Å². The monoisotopic (exact) mass is 583 g/mol. The molecule has 2 saturated heterocycles. The van der Waals surface area contributed by atoms with E-state index in [1.54, 1.807) is 7.11 Å². The van der Waals surface area contributed by atoms with Crippen molar-refractivity contribution in [1.82, 2.24) is 20.2 Å². The number of piperazine rings is 1. The van der Waals surface area contributed by atoms with Crippen molar-refractivity contribution >= 4 is 22.3 Å². The van der Waals surface area contributed by atoms with E-state index >= 15 is 0 Å². The molecule has 4 aliphatic rings. The van der Waals surface area contributed by atoms with Gasteiger partial charge in [-0.1, -0.05) is 24.3 Å². The molecule has 1 aromatic heterocycles. The first-order chi connectivity index (χ1) is 21.1. The smallest absolute Gasteiger partial charge is 0.319 e. The predicted octanol–water partition coefficient (Wildman–Crippen LogP) is 3.87. The van der Waals surface area contributed by atoms with Crippen molar-refractivity contribution in [2.24, 2.45) is 0 Å². The molecule has 226 valence electrons. The fourth-order valence-electron chi connectivity index (χ4n) is 7.28. The van der Waals surface area contributed by atoms with E-state index in [1.165, 1.54) is 17.4 Å². The molecule has 0 bridgehead atoms. The van der Waals surface area contributed by atoms with Crippen LogP contribution in [0.15, 0.2) is 36.4 Å². The second-order valence-corrected chi connectivity index (χ2v) is 12.4. The molecule has 0 radical (unpaired) electrons. The topological polar surface area (TPSA) is 99.0 Å². The summed E-state index contributed by atoms with van der Waals surface area (Å²) in [6, 6.07) is 16.0. The fraction of sp³-hybridized carbons (Fsp3) is 0.545. The number of nitrogens with one attached hydrogen (secondary N) is 1. The van der Waals surface area contributed by atoms with Crippen LogP contribution in [-0.2, 0) is 17.7 Å². The van der Waals surface area contributed by atoms with Gasteiger partial charge in [-0.25, -0.2) is 0 Å². The minimum absolute atomic E-state index is 0.122. The van der Waals surface area contributed by atoms with E-state index in [2.05, 4.69) is 69.5 Å². The maximum atomic E-state index is 9.37. The number of rotatable bonds is 9. The summed E-state index contributed by atoms with van der Waals surface area (Å²) in [5.74, 6) is 1.76. The Kier molecular flexibility index (Phi) is 7.72. The van der Waals surface area contributed by atoms with Gasteiger partial charge < -0.3 is 29.3 Å². The molecular formula is C33H41N7O3. The quantitative estimate of drug-likeness (QED) is 0.374. The normalized spacial score (nSPS) is 23.2. The van der Waals surface area contributed by atoms with Crippen LogP contribution in [0.5, 0.6) is 11.8 Å². The largest absolute Gasteiger partial charge is 0.467 e. The minimum Gasteiger partial charge on any atom is -0.467 e. The maximum Gasteiger partial charge on any atom is 0.319 e. The van der Waals surface area contributed by atoms with Crippen molar-refractivity contribution in [3.8, 4) is 17.8 Å². The summed E-state index contributed by atoms with van der Waals surface area (Å²) in [5, 5.41) is 15.2. The number of methoxy groups -OCH3 is 1. The molecule has 3 aliphatic heterocycles.